The summed E-state index contributed by atoms with van der Waals surface area (Å²) >= 11 is 0. The highest BCUT2D eigenvalue weighted by atomic mass is 16.4. The highest BCUT2D eigenvalue weighted by Crippen LogP contribution is 2.13. The molecular weight excluding hydrogens is 320 g/mol. The summed E-state index contributed by atoms with van der Waals surface area (Å²) in [6.07, 6.45) is 16.6. The Morgan fingerprint density at radius 3 is 1.28 bits per heavy atom. The van der Waals surface area contributed by atoms with Gasteiger partial charge in [0.25, 0.3) is 5.78 Å². The largest absolute Gasteiger partial charge is 0.475 e. The van der Waals surface area contributed by atoms with Crippen molar-refractivity contribution in [3.05, 3.63) is 0 Å². The first kappa shape index (κ1) is 23.5. The number of carbonyl (C=O) groups excluding carboxylic acids is 3. The molecule has 0 fully saturated rings. The fourth-order valence-corrected chi connectivity index (χ4v) is 2.82. The Hall–Kier alpha value is -1.52. The maximum absolute atomic E-state index is 11.4. The van der Waals surface area contributed by atoms with Crippen molar-refractivity contribution in [3.63, 3.8) is 0 Å². The number of rotatable bonds is 18. The van der Waals surface area contributed by atoms with Gasteiger partial charge in [-0.1, -0.05) is 90.4 Å². The number of hydrogen-bond acceptors (Lipinski definition) is 4. The molecule has 0 aliphatic heterocycles. The number of unbranched alkanes of at least 4 members (excludes halogenated alkanes) is 13. The minimum Gasteiger partial charge on any atom is -0.475 e. The van der Waals surface area contributed by atoms with Gasteiger partial charge >= 0.3 is 11.8 Å². The van der Waals surface area contributed by atoms with E-state index in [4.69, 9.17) is 5.11 Å². The van der Waals surface area contributed by atoms with Crippen LogP contribution in [0.2, 0.25) is 0 Å². The molecule has 5 nitrogen and oxygen atoms in total. The monoisotopic (exact) mass is 354 g/mol. The van der Waals surface area contributed by atoms with E-state index in [1.54, 1.807) is 0 Å². The van der Waals surface area contributed by atoms with Crippen molar-refractivity contribution in [3.8, 4) is 0 Å². The maximum Gasteiger partial charge on any atom is 0.380 e. The molecule has 0 amide bonds. The van der Waals surface area contributed by atoms with Crippen molar-refractivity contribution >= 4 is 23.3 Å². The van der Waals surface area contributed by atoms with Crippen molar-refractivity contribution in [2.24, 2.45) is 0 Å². The third-order valence-corrected chi connectivity index (χ3v) is 4.41. The number of ketones is 3. The third-order valence-electron chi connectivity index (χ3n) is 4.41. The van der Waals surface area contributed by atoms with E-state index in [0.717, 1.165) is 19.3 Å². The van der Waals surface area contributed by atoms with E-state index in [9.17, 15) is 19.2 Å². The van der Waals surface area contributed by atoms with Crippen LogP contribution in [0.1, 0.15) is 103 Å². The second kappa shape index (κ2) is 16.0. The van der Waals surface area contributed by atoms with Crippen LogP contribution in [0.4, 0.5) is 0 Å². The number of hydrogen-bond donors (Lipinski definition) is 1. The number of carboxylic acids is 1. The summed E-state index contributed by atoms with van der Waals surface area (Å²) < 4.78 is 0. The molecule has 0 radical (unpaired) electrons. The van der Waals surface area contributed by atoms with E-state index in [1.807, 2.05) is 0 Å². The number of carboxylic acid groups (broad SMARTS) is 1. The van der Waals surface area contributed by atoms with Crippen LogP contribution in [0.15, 0.2) is 0 Å². The van der Waals surface area contributed by atoms with E-state index < -0.39 is 23.3 Å². The lowest BCUT2D eigenvalue weighted by Crippen LogP contribution is -2.29. The molecule has 0 aromatic rings. The van der Waals surface area contributed by atoms with Gasteiger partial charge in [0.2, 0.25) is 5.78 Å². The summed E-state index contributed by atoms with van der Waals surface area (Å²) in [7, 11) is 0. The van der Waals surface area contributed by atoms with Crippen molar-refractivity contribution in [1.29, 1.82) is 0 Å². The van der Waals surface area contributed by atoms with Gasteiger partial charge in [-0.25, -0.2) is 4.79 Å². The third kappa shape index (κ3) is 13.4. The van der Waals surface area contributed by atoms with Crippen molar-refractivity contribution in [2.45, 2.75) is 103 Å². The quantitative estimate of drug-likeness (QED) is 0.220. The predicted molar refractivity (Wildman–Crippen MR) is 97.6 cm³/mol. The van der Waals surface area contributed by atoms with Gasteiger partial charge in [0.15, 0.2) is 0 Å². The number of carbonyl (C=O) groups is 4. The molecule has 25 heavy (non-hydrogen) atoms. The Labute approximate surface area is 151 Å². The van der Waals surface area contributed by atoms with E-state index in [0.29, 0.717) is 6.42 Å². The smallest absolute Gasteiger partial charge is 0.380 e. The summed E-state index contributed by atoms with van der Waals surface area (Å²) in [6.45, 7) is 2.23. The Morgan fingerprint density at radius 1 is 0.560 bits per heavy atom. The summed E-state index contributed by atoms with van der Waals surface area (Å²) in [5.41, 5.74) is 0. The molecule has 0 rings (SSSR count). The van der Waals surface area contributed by atoms with Gasteiger partial charge in [0.1, 0.15) is 0 Å². The number of Topliss-reactive ketones (excluding diaryl/α,β-unsaturated/α-hetero) is 3. The average Bonchev–Trinajstić information content (AvgIpc) is 2.60. The SMILES string of the molecule is CCCCCCCCCCCCCCCCC(=O)C(=O)C(=O)C(=O)O. The van der Waals surface area contributed by atoms with Crippen LogP contribution in [-0.4, -0.2) is 28.4 Å². The molecule has 0 spiro atoms. The fourth-order valence-electron chi connectivity index (χ4n) is 2.82. The standard InChI is InChI=1S/C20H34O5/c1-2-3-4-5-6-7-8-9-10-11-12-13-14-15-16-17(21)18(22)19(23)20(24)25/h2-16H2,1H3,(H,24,25). The van der Waals surface area contributed by atoms with Crippen molar-refractivity contribution < 1.29 is 24.3 Å². The van der Waals surface area contributed by atoms with Gasteiger partial charge in [-0.15, -0.1) is 0 Å². The van der Waals surface area contributed by atoms with Crippen LogP contribution >= 0.6 is 0 Å². The topological polar surface area (TPSA) is 88.5 Å². The maximum atomic E-state index is 11.4. The van der Waals surface area contributed by atoms with E-state index >= 15 is 0 Å². The zero-order valence-corrected chi connectivity index (χ0v) is 15.7. The first-order valence-corrected chi connectivity index (χ1v) is 9.85. The summed E-state index contributed by atoms with van der Waals surface area (Å²) in [4.78, 5) is 43.7. The Kier molecular flexibility index (Phi) is 15.0. The van der Waals surface area contributed by atoms with Gasteiger partial charge in [-0.3, -0.25) is 14.4 Å². The Bertz CT molecular complexity index is 414. The van der Waals surface area contributed by atoms with E-state index in [1.165, 1.54) is 64.2 Å². The molecule has 5 heteroatoms. The Balaban J connectivity index is 3.36. The molecule has 0 aliphatic carbocycles. The molecule has 0 bridgehead atoms. The lowest BCUT2D eigenvalue weighted by Gasteiger charge is -2.03. The Morgan fingerprint density at radius 2 is 0.920 bits per heavy atom. The average molecular weight is 354 g/mol. The zero-order chi connectivity index (χ0) is 18.9. The molecule has 0 atom stereocenters. The highest BCUT2D eigenvalue weighted by molar-refractivity contribution is 6.76. The zero-order valence-electron chi connectivity index (χ0n) is 15.7. The fraction of sp³-hybridized carbons (Fsp3) is 0.800. The van der Waals surface area contributed by atoms with Crippen molar-refractivity contribution in [1.82, 2.24) is 0 Å². The highest BCUT2D eigenvalue weighted by Gasteiger charge is 2.27. The van der Waals surface area contributed by atoms with E-state index in [-0.39, 0.29) is 6.42 Å². The molecule has 0 aromatic carbocycles. The van der Waals surface area contributed by atoms with Crippen molar-refractivity contribution in [2.75, 3.05) is 0 Å². The second-order valence-corrected chi connectivity index (χ2v) is 6.73. The second-order valence-electron chi connectivity index (χ2n) is 6.73. The van der Waals surface area contributed by atoms with Gasteiger partial charge in [-0.05, 0) is 6.42 Å². The molecule has 0 aliphatic rings. The minimum absolute atomic E-state index is 0.0319. The molecule has 144 valence electrons. The van der Waals surface area contributed by atoms with Crippen LogP contribution < -0.4 is 0 Å². The normalized spacial score (nSPS) is 10.6. The van der Waals surface area contributed by atoms with Gasteiger partial charge in [-0.2, -0.15) is 0 Å². The minimum atomic E-state index is -1.86. The van der Waals surface area contributed by atoms with Gasteiger partial charge in [0, 0.05) is 6.42 Å². The lowest BCUT2D eigenvalue weighted by atomic mass is 10.0. The summed E-state index contributed by atoms with van der Waals surface area (Å²) in [5, 5.41) is 8.37. The molecule has 0 heterocycles. The van der Waals surface area contributed by atoms with Crippen LogP contribution in [-0.2, 0) is 19.2 Å². The van der Waals surface area contributed by atoms with Crippen LogP contribution in [0.25, 0.3) is 0 Å². The molecular formula is C20H34O5. The molecule has 0 aromatic heterocycles. The van der Waals surface area contributed by atoms with Gasteiger partial charge in [0.05, 0.1) is 0 Å². The van der Waals surface area contributed by atoms with Crippen LogP contribution in [0.3, 0.4) is 0 Å². The molecule has 0 saturated heterocycles. The summed E-state index contributed by atoms with van der Waals surface area (Å²) in [6, 6.07) is 0. The van der Waals surface area contributed by atoms with Crippen LogP contribution in [0.5, 0.6) is 0 Å². The first-order chi connectivity index (χ1) is 12.0. The first-order valence-electron chi connectivity index (χ1n) is 9.85. The molecule has 0 unspecified atom stereocenters. The predicted octanol–water partition coefficient (Wildman–Crippen LogP) is 4.65. The van der Waals surface area contributed by atoms with Crippen LogP contribution in [0, 0.1) is 0 Å². The number of aliphatic carboxylic acids is 1. The molecule has 1 N–H and O–H groups in total. The lowest BCUT2D eigenvalue weighted by molar-refractivity contribution is -0.155. The van der Waals surface area contributed by atoms with Gasteiger partial charge < -0.3 is 5.11 Å². The van der Waals surface area contributed by atoms with E-state index in [2.05, 4.69) is 6.92 Å². The molecule has 0 saturated carbocycles. The summed E-state index contributed by atoms with van der Waals surface area (Å²) in [5.74, 6) is -5.77.